The van der Waals surface area contributed by atoms with E-state index in [0.717, 1.165) is 19.3 Å². The summed E-state index contributed by atoms with van der Waals surface area (Å²) >= 11 is 0. The zero-order valence-corrected chi connectivity index (χ0v) is 10.9. The number of hydrogen-bond donors (Lipinski definition) is 1. The van der Waals surface area contributed by atoms with E-state index in [2.05, 4.69) is 13.8 Å². The molecule has 1 aliphatic rings. The van der Waals surface area contributed by atoms with Gasteiger partial charge in [0, 0.05) is 13.1 Å². The van der Waals surface area contributed by atoms with Crippen LogP contribution in [0.1, 0.15) is 52.4 Å². The smallest absolute Gasteiger partial charge is 0.239 e. The first-order valence-electron chi connectivity index (χ1n) is 6.60. The number of amides is 1. The van der Waals surface area contributed by atoms with E-state index in [1.165, 1.54) is 19.3 Å². The number of nitrogens with two attached hydrogens (primary N) is 1. The van der Waals surface area contributed by atoms with Gasteiger partial charge in [0.1, 0.15) is 0 Å². The van der Waals surface area contributed by atoms with Gasteiger partial charge in [-0.15, -0.1) is 0 Å². The molecule has 0 aliphatic heterocycles. The first-order valence-corrected chi connectivity index (χ1v) is 6.60. The van der Waals surface area contributed by atoms with Gasteiger partial charge in [0.05, 0.1) is 6.04 Å². The molecule has 0 aromatic carbocycles. The van der Waals surface area contributed by atoms with Crippen LogP contribution in [0, 0.1) is 5.92 Å². The van der Waals surface area contributed by atoms with Gasteiger partial charge in [-0.25, -0.2) is 0 Å². The maximum Gasteiger partial charge on any atom is 0.239 e. The zero-order valence-electron chi connectivity index (χ0n) is 10.9. The maximum absolute atomic E-state index is 12.1. The van der Waals surface area contributed by atoms with Crippen molar-refractivity contribution in [1.82, 2.24) is 4.90 Å². The zero-order chi connectivity index (χ0) is 12.1. The van der Waals surface area contributed by atoms with Gasteiger partial charge in [0.25, 0.3) is 0 Å². The molecule has 3 nitrogen and oxygen atoms in total. The number of rotatable bonds is 4. The monoisotopic (exact) mass is 226 g/mol. The third-order valence-corrected chi connectivity index (χ3v) is 4.01. The largest absolute Gasteiger partial charge is 0.341 e. The number of hydrogen-bond acceptors (Lipinski definition) is 2. The fourth-order valence-corrected chi connectivity index (χ4v) is 2.38. The molecule has 1 saturated carbocycles. The van der Waals surface area contributed by atoms with Crippen LogP contribution in [0.2, 0.25) is 0 Å². The molecule has 1 fully saturated rings. The van der Waals surface area contributed by atoms with E-state index in [1.54, 1.807) is 0 Å². The molecule has 1 rings (SSSR count). The average Bonchev–Trinajstić information content (AvgIpc) is 2.36. The van der Waals surface area contributed by atoms with Gasteiger partial charge in [-0.3, -0.25) is 4.79 Å². The minimum absolute atomic E-state index is 0.126. The van der Waals surface area contributed by atoms with Gasteiger partial charge < -0.3 is 10.6 Å². The predicted molar refractivity (Wildman–Crippen MR) is 67.1 cm³/mol. The Labute approximate surface area is 99.4 Å². The van der Waals surface area contributed by atoms with Crippen LogP contribution < -0.4 is 5.73 Å². The van der Waals surface area contributed by atoms with Crippen molar-refractivity contribution in [3.05, 3.63) is 0 Å². The first-order chi connectivity index (χ1) is 7.57. The molecule has 3 heteroatoms. The summed E-state index contributed by atoms with van der Waals surface area (Å²) in [4.78, 5) is 14.0. The number of carbonyl (C=O) groups excluding carboxylic acids is 1. The Morgan fingerprint density at radius 3 is 2.44 bits per heavy atom. The van der Waals surface area contributed by atoms with Crippen molar-refractivity contribution in [1.29, 1.82) is 0 Å². The summed E-state index contributed by atoms with van der Waals surface area (Å²) in [6.07, 6.45) is 7.08. The minimum Gasteiger partial charge on any atom is -0.341 e. The Balaban J connectivity index is 2.51. The summed E-state index contributed by atoms with van der Waals surface area (Å²) < 4.78 is 0. The first kappa shape index (κ1) is 13.5. The van der Waals surface area contributed by atoms with Crippen LogP contribution in [0.4, 0.5) is 0 Å². The molecule has 0 spiro atoms. The van der Waals surface area contributed by atoms with E-state index in [0.29, 0.717) is 6.04 Å². The highest BCUT2D eigenvalue weighted by Crippen LogP contribution is 2.22. The van der Waals surface area contributed by atoms with E-state index in [9.17, 15) is 4.79 Å². The second kappa shape index (κ2) is 6.24. The van der Waals surface area contributed by atoms with Gasteiger partial charge in [-0.1, -0.05) is 39.5 Å². The molecule has 0 bridgehead atoms. The average molecular weight is 226 g/mol. The van der Waals surface area contributed by atoms with E-state index in [1.807, 2.05) is 11.9 Å². The van der Waals surface area contributed by atoms with E-state index >= 15 is 0 Å². The number of carbonyl (C=O) groups is 1. The third kappa shape index (κ3) is 3.21. The van der Waals surface area contributed by atoms with Crippen molar-refractivity contribution in [3.8, 4) is 0 Å². The van der Waals surface area contributed by atoms with Gasteiger partial charge in [-0.05, 0) is 18.8 Å². The Kier molecular flexibility index (Phi) is 5.26. The Bertz CT molecular complexity index is 224. The lowest BCUT2D eigenvalue weighted by Crippen LogP contribution is -2.49. The summed E-state index contributed by atoms with van der Waals surface area (Å²) in [6.45, 7) is 4.13. The van der Waals surface area contributed by atoms with Crippen LogP contribution in [0.25, 0.3) is 0 Å². The summed E-state index contributed by atoms with van der Waals surface area (Å²) in [5.41, 5.74) is 5.99. The highest BCUT2D eigenvalue weighted by atomic mass is 16.2. The molecule has 2 atom stereocenters. The van der Waals surface area contributed by atoms with Gasteiger partial charge >= 0.3 is 0 Å². The van der Waals surface area contributed by atoms with Crippen LogP contribution in [-0.2, 0) is 4.79 Å². The van der Waals surface area contributed by atoms with Crippen molar-refractivity contribution in [2.45, 2.75) is 64.5 Å². The molecule has 2 N–H and O–H groups in total. The van der Waals surface area contributed by atoms with Crippen LogP contribution in [0.3, 0.4) is 0 Å². The number of likely N-dealkylation sites (N-methyl/N-ethyl adjacent to an activating group) is 1. The standard InChI is InChI=1S/C13H26N2O/c1-4-10(2)12(14)13(16)15(3)11-8-6-5-7-9-11/h10-12H,4-9,14H2,1-3H3/t10-,12-/m0/s1. The number of nitrogens with zero attached hydrogens (tertiary/aromatic N) is 1. The van der Waals surface area contributed by atoms with Crippen LogP contribution in [0.15, 0.2) is 0 Å². The molecule has 94 valence electrons. The highest BCUT2D eigenvalue weighted by Gasteiger charge is 2.28. The molecule has 16 heavy (non-hydrogen) atoms. The summed E-state index contributed by atoms with van der Waals surface area (Å²) in [7, 11) is 1.92. The van der Waals surface area contributed by atoms with Crippen molar-refractivity contribution in [3.63, 3.8) is 0 Å². The minimum atomic E-state index is -0.322. The molecule has 0 heterocycles. The summed E-state index contributed by atoms with van der Waals surface area (Å²) in [5, 5.41) is 0. The molecular weight excluding hydrogens is 200 g/mol. The Morgan fingerprint density at radius 1 is 1.38 bits per heavy atom. The van der Waals surface area contributed by atoms with Crippen molar-refractivity contribution < 1.29 is 4.79 Å². The van der Waals surface area contributed by atoms with Gasteiger partial charge in [0.2, 0.25) is 5.91 Å². The molecule has 1 aliphatic carbocycles. The van der Waals surface area contributed by atoms with Crippen LogP contribution in [0.5, 0.6) is 0 Å². The van der Waals surface area contributed by atoms with Crippen molar-refractivity contribution in [2.75, 3.05) is 7.05 Å². The Morgan fingerprint density at radius 2 is 1.94 bits per heavy atom. The lowest BCUT2D eigenvalue weighted by Gasteiger charge is -2.34. The predicted octanol–water partition coefficient (Wildman–Crippen LogP) is 2.15. The topological polar surface area (TPSA) is 46.3 Å². The normalized spacial score (nSPS) is 21.5. The van der Waals surface area contributed by atoms with Gasteiger partial charge in [-0.2, -0.15) is 0 Å². The fraction of sp³-hybridized carbons (Fsp3) is 0.923. The van der Waals surface area contributed by atoms with Gasteiger partial charge in [0.15, 0.2) is 0 Å². The molecule has 0 saturated heterocycles. The second-order valence-electron chi connectivity index (χ2n) is 5.15. The maximum atomic E-state index is 12.1. The van der Waals surface area contributed by atoms with Crippen LogP contribution in [-0.4, -0.2) is 29.9 Å². The molecule has 0 unspecified atom stereocenters. The molecule has 0 aromatic rings. The summed E-state index contributed by atoms with van der Waals surface area (Å²) in [5.74, 6) is 0.403. The van der Waals surface area contributed by atoms with E-state index < -0.39 is 0 Å². The Hall–Kier alpha value is -0.570. The second-order valence-corrected chi connectivity index (χ2v) is 5.15. The van der Waals surface area contributed by atoms with E-state index in [4.69, 9.17) is 5.73 Å². The van der Waals surface area contributed by atoms with Crippen LogP contribution >= 0.6 is 0 Å². The van der Waals surface area contributed by atoms with E-state index in [-0.39, 0.29) is 17.9 Å². The highest BCUT2D eigenvalue weighted by molar-refractivity contribution is 5.82. The van der Waals surface area contributed by atoms with Crippen molar-refractivity contribution in [2.24, 2.45) is 11.7 Å². The molecular formula is C13H26N2O. The molecule has 0 aromatic heterocycles. The lowest BCUT2D eigenvalue weighted by atomic mass is 9.92. The fourth-order valence-electron chi connectivity index (χ4n) is 2.38. The SMILES string of the molecule is CC[C@H](C)[C@H](N)C(=O)N(C)C1CCCCC1. The molecule has 1 amide bonds. The van der Waals surface area contributed by atoms with Crippen molar-refractivity contribution >= 4 is 5.91 Å². The third-order valence-electron chi connectivity index (χ3n) is 4.01. The lowest BCUT2D eigenvalue weighted by molar-refractivity contribution is -0.135. The molecule has 0 radical (unpaired) electrons. The summed E-state index contributed by atoms with van der Waals surface area (Å²) in [6, 6.07) is 0.105. The quantitative estimate of drug-likeness (QED) is 0.798.